The monoisotopic (exact) mass is 232 g/mol. The Labute approximate surface area is 97.9 Å². The first-order chi connectivity index (χ1) is 7.81. The Morgan fingerprint density at radius 2 is 2.31 bits per heavy atom. The van der Waals surface area contributed by atoms with Crippen molar-refractivity contribution in [1.82, 2.24) is 14.3 Å². The third kappa shape index (κ3) is 2.04. The van der Waals surface area contributed by atoms with Gasteiger partial charge in [-0.15, -0.1) is 0 Å². The van der Waals surface area contributed by atoms with Crippen molar-refractivity contribution in [3.63, 3.8) is 0 Å². The number of anilines is 1. The van der Waals surface area contributed by atoms with Crippen molar-refractivity contribution in [2.45, 2.75) is 25.8 Å². The summed E-state index contributed by atoms with van der Waals surface area (Å²) in [4.78, 5) is 8.71. The zero-order valence-electron chi connectivity index (χ0n) is 8.97. The van der Waals surface area contributed by atoms with E-state index in [9.17, 15) is 0 Å². The molecule has 1 saturated carbocycles. The van der Waals surface area contributed by atoms with Crippen LogP contribution >= 0.6 is 11.5 Å². The van der Waals surface area contributed by atoms with Gasteiger partial charge in [-0.3, -0.25) is 4.98 Å². The highest BCUT2D eigenvalue weighted by Gasteiger charge is 2.22. The summed E-state index contributed by atoms with van der Waals surface area (Å²) in [7, 11) is 0. The number of hydrogen-bond donors (Lipinski definition) is 1. The average Bonchev–Trinajstić information content (AvgIpc) is 2.94. The fourth-order valence-electron chi connectivity index (χ4n) is 1.45. The molecule has 0 aliphatic heterocycles. The van der Waals surface area contributed by atoms with Gasteiger partial charge < -0.3 is 5.32 Å². The molecule has 3 rings (SSSR count). The molecule has 0 aromatic carbocycles. The highest BCUT2D eigenvalue weighted by atomic mass is 32.1. The van der Waals surface area contributed by atoms with E-state index in [2.05, 4.69) is 19.7 Å². The zero-order chi connectivity index (χ0) is 11.0. The molecule has 1 aliphatic carbocycles. The Morgan fingerprint density at radius 3 is 3.06 bits per heavy atom. The SMILES string of the molecule is Cc1ccnc(-c2nsc(NC3CC3)n2)c1. The van der Waals surface area contributed by atoms with Crippen molar-refractivity contribution in [1.29, 1.82) is 0 Å². The molecule has 0 atom stereocenters. The van der Waals surface area contributed by atoms with Gasteiger partial charge in [0.2, 0.25) is 5.13 Å². The second-order valence-electron chi connectivity index (χ2n) is 4.06. The Bertz CT molecular complexity index is 504. The van der Waals surface area contributed by atoms with Crippen molar-refractivity contribution < 1.29 is 0 Å². The lowest BCUT2D eigenvalue weighted by Gasteiger charge is -1.96. The fraction of sp³-hybridized carbons (Fsp3) is 0.364. The second-order valence-corrected chi connectivity index (χ2v) is 4.81. The molecular formula is C11H12N4S. The number of nitrogens with zero attached hydrogens (tertiary/aromatic N) is 3. The molecular weight excluding hydrogens is 220 g/mol. The summed E-state index contributed by atoms with van der Waals surface area (Å²) in [5.74, 6) is 0.719. The molecule has 2 aromatic rings. The van der Waals surface area contributed by atoms with E-state index < -0.39 is 0 Å². The summed E-state index contributed by atoms with van der Waals surface area (Å²) >= 11 is 1.41. The Morgan fingerprint density at radius 1 is 1.44 bits per heavy atom. The molecule has 0 radical (unpaired) electrons. The van der Waals surface area contributed by atoms with Gasteiger partial charge in [-0.25, -0.2) is 0 Å². The van der Waals surface area contributed by atoms with E-state index >= 15 is 0 Å². The highest BCUT2D eigenvalue weighted by molar-refractivity contribution is 7.09. The van der Waals surface area contributed by atoms with Gasteiger partial charge >= 0.3 is 0 Å². The molecule has 0 saturated heterocycles. The lowest BCUT2D eigenvalue weighted by Crippen LogP contribution is -1.99. The van der Waals surface area contributed by atoms with Crippen molar-refractivity contribution in [3.8, 4) is 11.5 Å². The van der Waals surface area contributed by atoms with Crippen LogP contribution in [0.1, 0.15) is 18.4 Å². The molecule has 16 heavy (non-hydrogen) atoms. The maximum absolute atomic E-state index is 4.44. The number of pyridine rings is 1. The van der Waals surface area contributed by atoms with Crippen LogP contribution < -0.4 is 5.32 Å². The molecule has 1 N–H and O–H groups in total. The molecule has 82 valence electrons. The standard InChI is InChI=1S/C11H12N4S/c1-7-4-5-12-9(6-7)10-14-11(16-15-10)13-8-2-3-8/h4-6,8H,2-3H2,1H3,(H,13,14,15). The van der Waals surface area contributed by atoms with E-state index in [1.165, 1.54) is 29.9 Å². The molecule has 0 amide bonds. The summed E-state index contributed by atoms with van der Waals surface area (Å²) in [6.07, 6.45) is 4.29. The topological polar surface area (TPSA) is 50.7 Å². The van der Waals surface area contributed by atoms with Gasteiger partial charge in [-0.1, -0.05) is 0 Å². The van der Waals surface area contributed by atoms with E-state index in [1.807, 2.05) is 19.1 Å². The fourth-order valence-corrected chi connectivity index (χ4v) is 2.10. The summed E-state index contributed by atoms with van der Waals surface area (Å²) in [6, 6.07) is 4.59. The molecule has 1 fully saturated rings. The largest absolute Gasteiger partial charge is 0.358 e. The third-order valence-electron chi connectivity index (χ3n) is 2.48. The normalized spacial score (nSPS) is 15.1. The second kappa shape index (κ2) is 3.83. The van der Waals surface area contributed by atoms with Crippen LogP contribution in [-0.2, 0) is 0 Å². The lowest BCUT2D eigenvalue weighted by molar-refractivity contribution is 1.13. The Balaban J connectivity index is 1.85. The number of nitrogens with one attached hydrogen (secondary N) is 1. The van der Waals surface area contributed by atoms with Gasteiger partial charge in [0.05, 0.1) is 0 Å². The van der Waals surface area contributed by atoms with Gasteiger partial charge in [0.1, 0.15) is 5.69 Å². The first-order valence-corrected chi connectivity index (χ1v) is 6.12. The van der Waals surface area contributed by atoms with Gasteiger partial charge in [-0.2, -0.15) is 9.36 Å². The third-order valence-corrected chi connectivity index (χ3v) is 3.12. The van der Waals surface area contributed by atoms with E-state index in [4.69, 9.17) is 0 Å². The van der Waals surface area contributed by atoms with Crippen molar-refractivity contribution >= 4 is 16.7 Å². The van der Waals surface area contributed by atoms with E-state index in [-0.39, 0.29) is 0 Å². The van der Waals surface area contributed by atoms with Crippen LogP contribution in [0.4, 0.5) is 5.13 Å². The van der Waals surface area contributed by atoms with Gasteiger partial charge in [0.15, 0.2) is 5.82 Å². The number of rotatable bonds is 3. The first-order valence-electron chi connectivity index (χ1n) is 5.34. The Hall–Kier alpha value is -1.49. The predicted octanol–water partition coefficient (Wildman–Crippen LogP) is 2.48. The van der Waals surface area contributed by atoms with Gasteiger partial charge in [-0.05, 0) is 37.5 Å². The highest BCUT2D eigenvalue weighted by Crippen LogP contribution is 2.27. The molecule has 4 nitrogen and oxygen atoms in total. The molecule has 1 aliphatic rings. The Kier molecular flexibility index (Phi) is 2.32. The average molecular weight is 232 g/mol. The van der Waals surface area contributed by atoms with E-state index in [1.54, 1.807) is 6.20 Å². The first kappa shape index (κ1) is 9.72. The van der Waals surface area contributed by atoms with Crippen LogP contribution in [0.25, 0.3) is 11.5 Å². The van der Waals surface area contributed by atoms with Crippen LogP contribution in [0, 0.1) is 6.92 Å². The number of aromatic nitrogens is 3. The lowest BCUT2D eigenvalue weighted by atomic mass is 10.2. The molecule has 2 aromatic heterocycles. The molecule has 0 bridgehead atoms. The maximum atomic E-state index is 4.44. The summed E-state index contributed by atoms with van der Waals surface area (Å²) in [6.45, 7) is 2.04. The predicted molar refractivity (Wildman–Crippen MR) is 64.5 cm³/mol. The van der Waals surface area contributed by atoms with Crippen molar-refractivity contribution in [2.24, 2.45) is 0 Å². The van der Waals surface area contributed by atoms with Gasteiger partial charge in [0.25, 0.3) is 0 Å². The van der Waals surface area contributed by atoms with Crippen LogP contribution in [0.5, 0.6) is 0 Å². The summed E-state index contributed by atoms with van der Waals surface area (Å²) in [5, 5.41) is 4.24. The molecule has 0 unspecified atom stereocenters. The zero-order valence-corrected chi connectivity index (χ0v) is 9.79. The number of hydrogen-bond acceptors (Lipinski definition) is 5. The van der Waals surface area contributed by atoms with E-state index in [0.29, 0.717) is 6.04 Å². The molecule has 0 spiro atoms. The van der Waals surface area contributed by atoms with Crippen LogP contribution in [0.3, 0.4) is 0 Å². The van der Waals surface area contributed by atoms with Crippen LogP contribution in [0.2, 0.25) is 0 Å². The van der Waals surface area contributed by atoms with Crippen molar-refractivity contribution in [2.75, 3.05) is 5.32 Å². The minimum Gasteiger partial charge on any atom is -0.358 e. The molecule has 2 heterocycles. The van der Waals surface area contributed by atoms with E-state index in [0.717, 1.165) is 16.6 Å². The van der Waals surface area contributed by atoms with Crippen molar-refractivity contribution in [3.05, 3.63) is 23.9 Å². The quantitative estimate of drug-likeness (QED) is 0.883. The van der Waals surface area contributed by atoms with Crippen LogP contribution in [0.15, 0.2) is 18.3 Å². The smallest absolute Gasteiger partial charge is 0.203 e. The summed E-state index contributed by atoms with van der Waals surface area (Å²) < 4.78 is 4.31. The van der Waals surface area contributed by atoms with Crippen LogP contribution in [-0.4, -0.2) is 20.4 Å². The van der Waals surface area contributed by atoms with Gasteiger partial charge in [0, 0.05) is 23.8 Å². The number of aryl methyl sites for hydroxylation is 1. The minimum absolute atomic E-state index is 0.617. The maximum Gasteiger partial charge on any atom is 0.203 e. The molecule has 5 heteroatoms. The summed E-state index contributed by atoms with van der Waals surface area (Å²) in [5.41, 5.74) is 2.02. The minimum atomic E-state index is 0.617.